The van der Waals surface area contributed by atoms with E-state index in [1.54, 1.807) is 20.1 Å². The molecule has 0 bridgehead atoms. The second kappa shape index (κ2) is 7.85. The molecule has 0 amide bonds. The Labute approximate surface area is 164 Å². The highest BCUT2D eigenvalue weighted by molar-refractivity contribution is 7.98. The van der Waals surface area contributed by atoms with E-state index in [0.29, 0.717) is 22.2 Å². The monoisotopic (exact) mass is 402 g/mol. The fourth-order valence-electron chi connectivity index (χ4n) is 3.13. The molecule has 2 N–H and O–H groups in total. The van der Waals surface area contributed by atoms with Crippen LogP contribution in [-0.4, -0.2) is 33.7 Å². The molecule has 0 spiro atoms. The normalized spacial score (nSPS) is 15.6. The van der Waals surface area contributed by atoms with Crippen LogP contribution in [0.15, 0.2) is 45.5 Å². The molecule has 146 valence electrons. The van der Waals surface area contributed by atoms with E-state index in [4.69, 9.17) is 4.74 Å². The van der Waals surface area contributed by atoms with Gasteiger partial charge in [-0.25, -0.2) is 9.78 Å². The molecule has 1 aromatic carbocycles. The number of benzene rings is 1. The van der Waals surface area contributed by atoms with Gasteiger partial charge >= 0.3 is 5.97 Å². The summed E-state index contributed by atoms with van der Waals surface area (Å²) >= 11 is 1.29. The summed E-state index contributed by atoms with van der Waals surface area (Å²) in [6, 6.07) is 5.75. The van der Waals surface area contributed by atoms with Crippen molar-refractivity contribution in [2.75, 3.05) is 18.2 Å². The zero-order valence-electron chi connectivity index (χ0n) is 15.4. The Morgan fingerprint density at radius 1 is 1.36 bits per heavy atom. The molecule has 0 aliphatic carbocycles. The van der Waals surface area contributed by atoms with Gasteiger partial charge in [0.05, 0.1) is 28.6 Å². The number of ether oxygens (including phenoxy) is 1. The van der Waals surface area contributed by atoms with Gasteiger partial charge in [-0.15, -0.1) is 0 Å². The number of non-ortho nitro benzene ring substituents is 1. The van der Waals surface area contributed by atoms with Crippen LogP contribution in [0, 0.1) is 10.1 Å². The van der Waals surface area contributed by atoms with Crippen molar-refractivity contribution in [2.24, 2.45) is 0 Å². The first kappa shape index (κ1) is 19.6. The van der Waals surface area contributed by atoms with E-state index < -0.39 is 16.8 Å². The Bertz CT molecular complexity index is 1030. The van der Waals surface area contributed by atoms with Gasteiger partial charge in [0.15, 0.2) is 5.16 Å². The molecule has 1 aliphatic heterocycles. The topological polar surface area (TPSA) is 127 Å². The highest BCUT2D eigenvalue weighted by atomic mass is 32.2. The number of nitrogens with one attached hydrogen (secondary N) is 2. The van der Waals surface area contributed by atoms with Crippen molar-refractivity contribution in [1.29, 1.82) is 0 Å². The first-order chi connectivity index (χ1) is 13.4. The van der Waals surface area contributed by atoms with E-state index in [-0.39, 0.29) is 29.0 Å². The summed E-state index contributed by atoms with van der Waals surface area (Å²) in [4.78, 5) is 43.0. The Morgan fingerprint density at radius 3 is 2.61 bits per heavy atom. The number of hydrogen-bond donors (Lipinski definition) is 2. The van der Waals surface area contributed by atoms with Crippen LogP contribution in [0.1, 0.15) is 30.9 Å². The lowest BCUT2D eigenvalue weighted by molar-refractivity contribution is -0.384. The molecule has 0 saturated carbocycles. The van der Waals surface area contributed by atoms with E-state index in [1.165, 1.54) is 36.0 Å². The first-order valence-corrected chi connectivity index (χ1v) is 9.67. The number of anilines is 1. The summed E-state index contributed by atoms with van der Waals surface area (Å²) in [6.45, 7) is 3.57. The van der Waals surface area contributed by atoms with Crippen molar-refractivity contribution < 1.29 is 14.5 Å². The highest BCUT2D eigenvalue weighted by Gasteiger charge is 2.36. The van der Waals surface area contributed by atoms with E-state index >= 15 is 0 Å². The smallest absolute Gasteiger partial charge is 0.336 e. The van der Waals surface area contributed by atoms with Gasteiger partial charge in [-0.05, 0) is 25.7 Å². The second-order valence-electron chi connectivity index (χ2n) is 6.00. The van der Waals surface area contributed by atoms with Crippen molar-refractivity contribution >= 4 is 29.2 Å². The summed E-state index contributed by atoms with van der Waals surface area (Å²) in [7, 11) is 0. The van der Waals surface area contributed by atoms with Crippen molar-refractivity contribution in [3.05, 3.63) is 67.1 Å². The fourth-order valence-corrected chi connectivity index (χ4v) is 3.51. The van der Waals surface area contributed by atoms with Crippen LogP contribution in [0.3, 0.4) is 0 Å². The lowest BCUT2D eigenvalue weighted by Crippen LogP contribution is -2.31. The summed E-state index contributed by atoms with van der Waals surface area (Å²) in [6.07, 6.45) is 1.79. The molecule has 2 heterocycles. The number of nitrogens with zero attached hydrogens (tertiary/aromatic N) is 2. The van der Waals surface area contributed by atoms with Gasteiger partial charge in [-0.3, -0.25) is 14.9 Å². The third-order valence-electron chi connectivity index (χ3n) is 4.35. The second-order valence-corrected chi connectivity index (χ2v) is 6.80. The number of nitro groups is 1. The number of esters is 1. The number of carbonyl (C=O) groups excluding carboxylic acids is 1. The van der Waals surface area contributed by atoms with Crippen LogP contribution in [0.25, 0.3) is 0 Å². The molecule has 2 aromatic rings. The molecule has 1 aromatic heterocycles. The van der Waals surface area contributed by atoms with E-state index in [0.717, 1.165) is 0 Å². The van der Waals surface area contributed by atoms with Crippen LogP contribution < -0.4 is 10.9 Å². The zero-order valence-corrected chi connectivity index (χ0v) is 16.3. The number of thioether (sulfide) groups is 1. The maximum absolute atomic E-state index is 12.8. The molecule has 1 aliphatic rings. The Balaban J connectivity index is 2.23. The SMILES string of the molecule is CCOC(=O)C1=C(C)Nc2nc(SC)[nH]c(=O)c2[C@H]1c1ccc([N+](=O)[O-])cc1. The molecule has 3 rings (SSSR count). The zero-order chi connectivity index (χ0) is 20.4. The molecule has 0 fully saturated rings. The standard InChI is InChI=1S/C18H18N4O5S/c1-4-27-17(24)12-9(2)19-15-14(16(23)21-18(20-15)28-3)13(12)10-5-7-11(8-6-10)22(25)26/h5-8,13H,4H2,1-3H3,(H2,19,20,21,23)/t13-/m0/s1. The number of rotatable bonds is 5. The lowest BCUT2D eigenvalue weighted by atomic mass is 9.82. The average Bonchev–Trinajstić information content (AvgIpc) is 2.66. The number of allylic oxidation sites excluding steroid dienone is 1. The van der Waals surface area contributed by atoms with Crippen LogP contribution in [-0.2, 0) is 9.53 Å². The fraction of sp³-hybridized carbons (Fsp3) is 0.278. The van der Waals surface area contributed by atoms with Gasteiger partial charge in [0, 0.05) is 17.8 Å². The van der Waals surface area contributed by atoms with Crippen molar-refractivity contribution in [1.82, 2.24) is 9.97 Å². The molecule has 0 unspecified atom stereocenters. The van der Waals surface area contributed by atoms with Gasteiger partial charge in [0.2, 0.25) is 0 Å². The van der Waals surface area contributed by atoms with Crippen molar-refractivity contribution in [3.8, 4) is 0 Å². The predicted molar refractivity (Wildman–Crippen MR) is 105 cm³/mol. The molecule has 0 radical (unpaired) electrons. The van der Waals surface area contributed by atoms with Crippen LogP contribution >= 0.6 is 11.8 Å². The van der Waals surface area contributed by atoms with Gasteiger partial charge < -0.3 is 15.0 Å². The van der Waals surface area contributed by atoms with Crippen molar-refractivity contribution in [3.63, 3.8) is 0 Å². The number of hydrogen-bond acceptors (Lipinski definition) is 8. The van der Waals surface area contributed by atoms with Crippen LogP contribution in [0.4, 0.5) is 11.5 Å². The van der Waals surface area contributed by atoms with Gasteiger partial charge in [0.1, 0.15) is 5.82 Å². The maximum atomic E-state index is 12.8. The molecule has 0 saturated heterocycles. The number of H-pyrrole nitrogens is 1. The van der Waals surface area contributed by atoms with Crippen LogP contribution in [0.2, 0.25) is 0 Å². The molecule has 10 heteroatoms. The molecular formula is C18H18N4O5S. The summed E-state index contributed by atoms with van der Waals surface area (Å²) < 4.78 is 5.18. The van der Waals surface area contributed by atoms with Crippen molar-refractivity contribution in [2.45, 2.75) is 24.9 Å². The minimum Gasteiger partial charge on any atom is -0.463 e. The van der Waals surface area contributed by atoms with E-state index in [2.05, 4.69) is 15.3 Å². The average molecular weight is 402 g/mol. The quantitative estimate of drug-likeness (QED) is 0.257. The molecule has 1 atom stereocenters. The molecule has 9 nitrogen and oxygen atoms in total. The van der Waals surface area contributed by atoms with Gasteiger partial charge in [0.25, 0.3) is 11.2 Å². The lowest BCUT2D eigenvalue weighted by Gasteiger charge is -2.28. The number of nitro benzene ring substituents is 1. The van der Waals surface area contributed by atoms with Gasteiger partial charge in [-0.2, -0.15) is 0 Å². The third kappa shape index (κ3) is 3.50. The number of fused-ring (bicyclic) bond motifs is 1. The third-order valence-corrected chi connectivity index (χ3v) is 4.93. The number of aromatic amines is 1. The molecular weight excluding hydrogens is 384 g/mol. The largest absolute Gasteiger partial charge is 0.463 e. The van der Waals surface area contributed by atoms with Crippen LogP contribution in [0.5, 0.6) is 0 Å². The van der Waals surface area contributed by atoms with E-state index in [1.807, 2.05) is 0 Å². The Hall–Kier alpha value is -3.14. The summed E-state index contributed by atoms with van der Waals surface area (Å²) in [5.41, 5.74) is 1.13. The Kier molecular flexibility index (Phi) is 5.50. The Morgan fingerprint density at radius 2 is 2.04 bits per heavy atom. The minimum atomic E-state index is -0.761. The number of aromatic nitrogens is 2. The maximum Gasteiger partial charge on any atom is 0.336 e. The summed E-state index contributed by atoms with van der Waals surface area (Å²) in [5, 5.41) is 14.4. The minimum absolute atomic E-state index is 0.0824. The highest BCUT2D eigenvalue weighted by Crippen LogP contribution is 2.40. The number of carbonyl (C=O) groups is 1. The summed E-state index contributed by atoms with van der Waals surface area (Å²) in [5.74, 6) is -0.972. The van der Waals surface area contributed by atoms with E-state index in [9.17, 15) is 19.7 Å². The van der Waals surface area contributed by atoms with Gasteiger partial charge in [-0.1, -0.05) is 23.9 Å². The predicted octanol–water partition coefficient (Wildman–Crippen LogP) is 2.79. The first-order valence-electron chi connectivity index (χ1n) is 8.44. The molecule has 28 heavy (non-hydrogen) atoms.